The number of nitrogens with one attached hydrogen (secondary N) is 1. The van der Waals surface area contributed by atoms with Crippen molar-refractivity contribution in [1.82, 2.24) is 19.8 Å². The van der Waals surface area contributed by atoms with E-state index in [0.717, 1.165) is 27.2 Å². The summed E-state index contributed by atoms with van der Waals surface area (Å²) in [5, 5.41) is 16.5. The van der Waals surface area contributed by atoms with Crippen LogP contribution in [-0.4, -0.2) is 32.8 Å². The quantitative estimate of drug-likeness (QED) is 0.743. The minimum atomic E-state index is -0.0461. The van der Waals surface area contributed by atoms with Gasteiger partial charge in [-0.3, -0.25) is 4.79 Å². The van der Waals surface area contributed by atoms with E-state index in [1.807, 2.05) is 24.3 Å². The third-order valence-corrected chi connectivity index (χ3v) is 4.47. The highest BCUT2D eigenvalue weighted by molar-refractivity contribution is 7.16. The predicted molar refractivity (Wildman–Crippen MR) is 92.7 cm³/mol. The summed E-state index contributed by atoms with van der Waals surface area (Å²) in [7, 11) is 1.61. The second-order valence-corrected chi connectivity index (χ2v) is 6.72. The van der Waals surface area contributed by atoms with Crippen LogP contribution < -0.4 is 10.1 Å². The Balaban J connectivity index is 1.59. The summed E-state index contributed by atoms with van der Waals surface area (Å²) in [5.41, 5.74) is 0.751. The molecule has 1 N–H and O–H groups in total. The normalized spacial score (nSPS) is 11.2. The number of aromatic nitrogens is 4. The van der Waals surface area contributed by atoms with Gasteiger partial charge >= 0.3 is 0 Å². The molecule has 3 aromatic rings. The first kappa shape index (κ1) is 16.4. The number of carbonyl (C=O) groups excluding carboxylic acids is 1. The van der Waals surface area contributed by atoms with Crippen molar-refractivity contribution in [2.45, 2.75) is 32.6 Å². The average molecular weight is 345 g/mol. The number of nitrogens with zero attached hydrogens (tertiary/aromatic N) is 4. The second kappa shape index (κ2) is 6.96. The number of anilines is 1. The van der Waals surface area contributed by atoms with Gasteiger partial charge in [0, 0.05) is 24.4 Å². The summed E-state index contributed by atoms with van der Waals surface area (Å²) >= 11 is 1.47. The van der Waals surface area contributed by atoms with Gasteiger partial charge in [-0.15, -0.1) is 10.2 Å². The van der Waals surface area contributed by atoms with Crippen molar-refractivity contribution in [3.8, 4) is 5.75 Å². The molecule has 0 fully saturated rings. The number of hydrogen-bond acceptors (Lipinski definition) is 6. The molecule has 0 atom stereocenters. The minimum Gasteiger partial charge on any atom is -0.497 e. The summed E-state index contributed by atoms with van der Waals surface area (Å²) in [6.07, 6.45) is 0.945. The fraction of sp³-hybridized carbons (Fsp3) is 0.375. The molecule has 24 heavy (non-hydrogen) atoms. The molecule has 0 saturated heterocycles. The fourth-order valence-electron chi connectivity index (χ4n) is 2.25. The highest BCUT2D eigenvalue weighted by Gasteiger charge is 2.14. The zero-order valence-corrected chi connectivity index (χ0v) is 14.6. The van der Waals surface area contributed by atoms with Gasteiger partial charge < -0.3 is 10.1 Å². The molecule has 2 heterocycles. The van der Waals surface area contributed by atoms with Crippen molar-refractivity contribution in [2.24, 2.45) is 0 Å². The van der Waals surface area contributed by atoms with Crippen LogP contribution in [0.3, 0.4) is 0 Å². The van der Waals surface area contributed by atoms with Crippen molar-refractivity contribution in [3.63, 3.8) is 0 Å². The lowest BCUT2D eigenvalue weighted by molar-refractivity contribution is -0.116. The summed E-state index contributed by atoms with van der Waals surface area (Å²) in [6.45, 7) is 4.11. The van der Waals surface area contributed by atoms with Crippen LogP contribution in [0.5, 0.6) is 5.75 Å². The molecule has 0 aliphatic rings. The number of ether oxygens (including phenoxy) is 1. The number of hydrogen-bond donors (Lipinski definition) is 1. The number of carbonyl (C=O) groups is 1. The van der Waals surface area contributed by atoms with Gasteiger partial charge in [0.15, 0.2) is 5.82 Å². The minimum absolute atomic E-state index is 0.0461. The summed E-state index contributed by atoms with van der Waals surface area (Å²) < 4.78 is 6.86. The van der Waals surface area contributed by atoms with Gasteiger partial charge in [-0.1, -0.05) is 25.2 Å². The molecule has 0 radical (unpaired) electrons. The Morgan fingerprint density at radius 2 is 2.04 bits per heavy atom. The largest absolute Gasteiger partial charge is 0.497 e. The van der Waals surface area contributed by atoms with E-state index in [2.05, 4.69) is 34.5 Å². The van der Waals surface area contributed by atoms with Gasteiger partial charge in [-0.05, 0) is 24.3 Å². The first-order chi connectivity index (χ1) is 11.6. The van der Waals surface area contributed by atoms with Gasteiger partial charge in [-0.2, -0.15) is 9.61 Å². The number of benzene rings is 1. The van der Waals surface area contributed by atoms with Crippen molar-refractivity contribution < 1.29 is 9.53 Å². The first-order valence-corrected chi connectivity index (χ1v) is 8.53. The molecule has 3 rings (SSSR count). The van der Waals surface area contributed by atoms with E-state index in [4.69, 9.17) is 4.74 Å². The third kappa shape index (κ3) is 3.53. The number of amides is 1. The van der Waals surface area contributed by atoms with E-state index < -0.39 is 0 Å². The van der Waals surface area contributed by atoms with Crippen molar-refractivity contribution in [1.29, 1.82) is 0 Å². The molecule has 126 valence electrons. The van der Waals surface area contributed by atoms with Crippen LogP contribution in [0.15, 0.2) is 24.3 Å². The van der Waals surface area contributed by atoms with E-state index in [-0.39, 0.29) is 11.8 Å². The molecule has 0 saturated carbocycles. The molecule has 0 aliphatic carbocycles. The van der Waals surface area contributed by atoms with Crippen LogP contribution in [0.1, 0.15) is 37.0 Å². The summed E-state index contributed by atoms with van der Waals surface area (Å²) in [4.78, 5) is 12.8. The molecule has 0 bridgehead atoms. The lowest BCUT2D eigenvalue weighted by atomic mass is 10.2. The van der Waals surface area contributed by atoms with E-state index >= 15 is 0 Å². The van der Waals surface area contributed by atoms with Gasteiger partial charge in [0.25, 0.3) is 0 Å². The summed E-state index contributed by atoms with van der Waals surface area (Å²) in [6, 6.07) is 7.25. The molecule has 0 unspecified atom stereocenters. The van der Waals surface area contributed by atoms with Crippen molar-refractivity contribution in [2.75, 3.05) is 12.4 Å². The maximum absolute atomic E-state index is 12.1. The maximum Gasteiger partial charge on any atom is 0.234 e. The Hall–Kier alpha value is -2.48. The molecular formula is C16H19N5O2S. The number of rotatable bonds is 6. The smallest absolute Gasteiger partial charge is 0.234 e. The van der Waals surface area contributed by atoms with Crippen LogP contribution in [-0.2, 0) is 11.2 Å². The van der Waals surface area contributed by atoms with Gasteiger partial charge in [0.05, 0.1) is 7.11 Å². The molecular weight excluding hydrogens is 326 g/mol. The first-order valence-electron chi connectivity index (χ1n) is 7.71. The molecule has 1 amide bonds. The number of methoxy groups -OCH3 is 1. The van der Waals surface area contributed by atoms with Gasteiger partial charge in [0.2, 0.25) is 10.9 Å². The molecule has 8 heteroatoms. The van der Waals surface area contributed by atoms with Crippen molar-refractivity contribution in [3.05, 3.63) is 35.1 Å². The standard InChI is InChI=1S/C16H19N5O2S/c1-10(2)15-18-19-16-21(15)20-14(24-16)9-8-13(22)17-11-4-6-12(23-3)7-5-11/h4-7,10H,8-9H2,1-3H3,(H,17,22). The Labute approximate surface area is 143 Å². The second-order valence-electron chi connectivity index (χ2n) is 5.68. The van der Waals surface area contributed by atoms with Gasteiger partial charge in [-0.25, -0.2) is 0 Å². The van der Waals surface area contributed by atoms with Crippen molar-refractivity contribution >= 4 is 27.9 Å². The SMILES string of the molecule is COc1ccc(NC(=O)CCc2nn3c(C(C)C)nnc3s2)cc1. The van der Waals surface area contributed by atoms with Crippen LogP contribution >= 0.6 is 11.3 Å². The maximum atomic E-state index is 12.1. The average Bonchev–Trinajstić information content (AvgIpc) is 3.13. The van der Waals surface area contributed by atoms with E-state index in [9.17, 15) is 4.79 Å². The summed E-state index contributed by atoms with van der Waals surface area (Å²) in [5.74, 6) is 1.81. The lowest BCUT2D eigenvalue weighted by Gasteiger charge is -2.05. The highest BCUT2D eigenvalue weighted by Crippen LogP contribution is 2.20. The van der Waals surface area contributed by atoms with Crippen LogP contribution in [0.25, 0.3) is 4.96 Å². The Morgan fingerprint density at radius 3 is 2.71 bits per heavy atom. The Kier molecular flexibility index (Phi) is 4.75. The monoisotopic (exact) mass is 345 g/mol. The van der Waals surface area contributed by atoms with E-state index in [0.29, 0.717) is 12.8 Å². The topological polar surface area (TPSA) is 81.4 Å². The fourth-order valence-corrected chi connectivity index (χ4v) is 3.09. The zero-order chi connectivity index (χ0) is 17.1. The van der Waals surface area contributed by atoms with Gasteiger partial charge in [0.1, 0.15) is 10.8 Å². The molecule has 0 spiro atoms. The molecule has 0 aliphatic heterocycles. The lowest BCUT2D eigenvalue weighted by Crippen LogP contribution is -2.12. The predicted octanol–water partition coefficient (Wildman–Crippen LogP) is 2.89. The zero-order valence-electron chi connectivity index (χ0n) is 13.8. The molecule has 7 nitrogen and oxygen atoms in total. The van der Waals surface area contributed by atoms with Crippen LogP contribution in [0.4, 0.5) is 5.69 Å². The van der Waals surface area contributed by atoms with Crippen LogP contribution in [0, 0.1) is 0 Å². The number of fused-ring (bicyclic) bond motifs is 1. The Bertz CT molecular complexity index is 838. The third-order valence-electron chi connectivity index (χ3n) is 3.51. The Morgan fingerprint density at radius 1 is 1.29 bits per heavy atom. The highest BCUT2D eigenvalue weighted by atomic mass is 32.1. The molecule has 1 aromatic carbocycles. The van der Waals surface area contributed by atoms with Crippen LogP contribution in [0.2, 0.25) is 0 Å². The van der Waals surface area contributed by atoms with E-state index in [1.165, 1.54) is 11.3 Å². The van der Waals surface area contributed by atoms with E-state index in [1.54, 1.807) is 11.6 Å². The number of aryl methyl sites for hydroxylation is 1. The molecule has 2 aromatic heterocycles.